The molecular formula is C16H22N2O6S. The molecule has 0 saturated heterocycles. The number of rotatable bonds is 8. The van der Waals surface area contributed by atoms with Crippen molar-refractivity contribution in [2.75, 3.05) is 6.54 Å². The highest BCUT2D eigenvalue weighted by Crippen LogP contribution is 2.12. The van der Waals surface area contributed by atoms with Gasteiger partial charge in [0.05, 0.1) is 4.90 Å². The van der Waals surface area contributed by atoms with E-state index in [2.05, 4.69) is 10.0 Å². The van der Waals surface area contributed by atoms with Gasteiger partial charge in [-0.2, -0.15) is 4.72 Å². The predicted molar refractivity (Wildman–Crippen MR) is 90.5 cm³/mol. The normalized spacial score (nSPS) is 13.6. The largest absolute Gasteiger partial charge is 0.451 e. The van der Waals surface area contributed by atoms with Crippen LogP contribution in [0.4, 0.5) is 0 Å². The fourth-order valence-electron chi connectivity index (χ4n) is 1.87. The lowest BCUT2D eigenvalue weighted by Gasteiger charge is -2.17. The van der Waals surface area contributed by atoms with Crippen molar-refractivity contribution in [2.45, 2.75) is 44.7 Å². The second-order valence-corrected chi connectivity index (χ2v) is 7.11. The van der Waals surface area contributed by atoms with E-state index in [9.17, 15) is 22.8 Å². The molecule has 1 amide bonds. The maximum Gasteiger partial charge on any atom is 0.324 e. The third-order valence-corrected chi connectivity index (χ3v) is 4.83. The van der Waals surface area contributed by atoms with Crippen LogP contribution < -0.4 is 10.0 Å². The maximum absolute atomic E-state index is 12.3. The summed E-state index contributed by atoms with van der Waals surface area (Å²) in [6.07, 6.45) is -1.03. The van der Waals surface area contributed by atoms with Crippen molar-refractivity contribution >= 4 is 27.7 Å². The van der Waals surface area contributed by atoms with E-state index < -0.39 is 34.0 Å². The second kappa shape index (κ2) is 8.72. The molecule has 2 atom stereocenters. The first-order valence-electron chi connectivity index (χ1n) is 7.70. The van der Waals surface area contributed by atoms with Gasteiger partial charge < -0.3 is 10.1 Å². The van der Waals surface area contributed by atoms with Crippen LogP contribution in [-0.2, 0) is 24.3 Å². The van der Waals surface area contributed by atoms with E-state index in [0.29, 0.717) is 12.1 Å². The van der Waals surface area contributed by atoms with Gasteiger partial charge in [0, 0.05) is 12.1 Å². The molecule has 0 aliphatic heterocycles. The lowest BCUT2D eigenvalue weighted by molar-refractivity contribution is -0.156. The molecule has 1 aromatic carbocycles. The monoisotopic (exact) mass is 370 g/mol. The van der Waals surface area contributed by atoms with E-state index in [0.717, 1.165) is 0 Å². The summed E-state index contributed by atoms with van der Waals surface area (Å²) in [6, 6.07) is 4.13. The molecule has 0 bridgehead atoms. The lowest BCUT2D eigenvalue weighted by Crippen LogP contribution is -2.43. The number of nitrogens with one attached hydrogen (secondary N) is 2. The highest BCUT2D eigenvalue weighted by atomic mass is 32.2. The van der Waals surface area contributed by atoms with Crippen LogP contribution in [0.3, 0.4) is 0 Å². The quantitative estimate of drug-likeness (QED) is 0.512. The van der Waals surface area contributed by atoms with Crippen molar-refractivity contribution in [1.82, 2.24) is 10.0 Å². The van der Waals surface area contributed by atoms with Crippen LogP contribution in [-0.4, -0.2) is 44.8 Å². The SMILES string of the molecule is CCNC(=O)[C@@H](C)OC(=O)[C@H](C)NS(=O)(=O)c1ccc(C(C)=O)cc1. The molecule has 0 unspecified atom stereocenters. The van der Waals surface area contributed by atoms with Gasteiger partial charge in [-0.05, 0) is 39.8 Å². The second-order valence-electron chi connectivity index (χ2n) is 5.40. The van der Waals surface area contributed by atoms with E-state index in [1.807, 2.05) is 0 Å². The number of carbonyl (C=O) groups excluding carboxylic acids is 3. The van der Waals surface area contributed by atoms with Gasteiger partial charge in [0.2, 0.25) is 10.0 Å². The van der Waals surface area contributed by atoms with Crippen molar-refractivity contribution in [3.63, 3.8) is 0 Å². The molecule has 2 N–H and O–H groups in total. The number of sulfonamides is 1. The number of esters is 1. The van der Waals surface area contributed by atoms with Crippen LogP contribution in [0.5, 0.6) is 0 Å². The van der Waals surface area contributed by atoms with E-state index in [1.54, 1.807) is 6.92 Å². The van der Waals surface area contributed by atoms with Gasteiger partial charge >= 0.3 is 5.97 Å². The van der Waals surface area contributed by atoms with Gasteiger partial charge in [-0.25, -0.2) is 8.42 Å². The first-order chi connectivity index (χ1) is 11.6. The minimum Gasteiger partial charge on any atom is -0.451 e. The molecule has 8 nitrogen and oxygen atoms in total. The fraction of sp³-hybridized carbons (Fsp3) is 0.438. The number of ether oxygens (including phenoxy) is 1. The Morgan fingerprint density at radius 1 is 1.12 bits per heavy atom. The van der Waals surface area contributed by atoms with Crippen molar-refractivity contribution in [2.24, 2.45) is 0 Å². The van der Waals surface area contributed by atoms with Crippen molar-refractivity contribution < 1.29 is 27.5 Å². The molecule has 0 heterocycles. The summed E-state index contributed by atoms with van der Waals surface area (Å²) in [5.41, 5.74) is 0.377. The van der Waals surface area contributed by atoms with Crippen LogP contribution in [0.1, 0.15) is 38.1 Å². The van der Waals surface area contributed by atoms with E-state index >= 15 is 0 Å². The molecule has 0 aromatic heterocycles. The number of ketones is 1. The Morgan fingerprint density at radius 3 is 2.16 bits per heavy atom. The van der Waals surface area contributed by atoms with Crippen LogP contribution in [0.15, 0.2) is 29.2 Å². The van der Waals surface area contributed by atoms with E-state index in [1.165, 1.54) is 45.0 Å². The molecule has 0 fully saturated rings. The van der Waals surface area contributed by atoms with Crippen LogP contribution >= 0.6 is 0 Å². The van der Waals surface area contributed by atoms with Gasteiger partial charge in [-0.15, -0.1) is 0 Å². The Hall–Kier alpha value is -2.26. The zero-order valence-corrected chi connectivity index (χ0v) is 15.3. The molecule has 25 heavy (non-hydrogen) atoms. The number of hydrogen-bond donors (Lipinski definition) is 2. The Labute approximate surface area is 147 Å². The molecule has 0 aliphatic rings. The van der Waals surface area contributed by atoms with Crippen LogP contribution in [0.25, 0.3) is 0 Å². The standard InChI is InChI=1S/C16H22N2O6S/c1-5-17-15(20)12(4)24-16(21)10(2)18-25(22,23)14-8-6-13(7-9-14)11(3)19/h6-10,12,18H,5H2,1-4H3,(H,17,20)/t10-,12+/m0/s1. The first kappa shape index (κ1) is 20.8. The summed E-state index contributed by atoms with van der Waals surface area (Å²) in [5, 5.41) is 2.50. The lowest BCUT2D eigenvalue weighted by atomic mass is 10.2. The van der Waals surface area contributed by atoms with Crippen molar-refractivity contribution in [3.05, 3.63) is 29.8 Å². The number of hydrogen-bond acceptors (Lipinski definition) is 6. The summed E-state index contributed by atoms with van der Waals surface area (Å²) in [4.78, 5) is 34.6. The van der Waals surface area contributed by atoms with Gasteiger partial charge in [-0.3, -0.25) is 14.4 Å². The molecule has 9 heteroatoms. The Kier molecular flexibility index (Phi) is 7.25. The van der Waals surface area contributed by atoms with E-state index in [-0.39, 0.29) is 10.7 Å². The van der Waals surface area contributed by atoms with Crippen LogP contribution in [0, 0.1) is 0 Å². The third-order valence-electron chi connectivity index (χ3n) is 3.27. The number of likely N-dealkylation sites (N-methyl/N-ethyl adjacent to an activating group) is 1. The summed E-state index contributed by atoms with van der Waals surface area (Å²) < 4.78 is 31.6. The number of Topliss-reactive ketones (excluding diaryl/α,β-unsaturated/α-hetero) is 1. The van der Waals surface area contributed by atoms with Crippen molar-refractivity contribution in [1.29, 1.82) is 0 Å². The smallest absolute Gasteiger partial charge is 0.324 e. The average Bonchev–Trinajstić information content (AvgIpc) is 2.54. The molecule has 1 rings (SSSR count). The minimum atomic E-state index is -3.98. The summed E-state index contributed by atoms with van der Waals surface area (Å²) in [6.45, 7) is 6.19. The predicted octanol–water partition coefficient (Wildman–Crippen LogP) is 0.624. The highest BCUT2D eigenvalue weighted by molar-refractivity contribution is 7.89. The molecule has 0 aliphatic carbocycles. The van der Waals surface area contributed by atoms with Gasteiger partial charge in [-0.1, -0.05) is 12.1 Å². The summed E-state index contributed by atoms with van der Waals surface area (Å²) in [7, 11) is -3.98. The minimum absolute atomic E-state index is 0.0890. The highest BCUT2D eigenvalue weighted by Gasteiger charge is 2.26. The summed E-state index contributed by atoms with van der Waals surface area (Å²) in [5.74, 6) is -1.53. The van der Waals surface area contributed by atoms with Crippen LogP contribution in [0.2, 0.25) is 0 Å². The van der Waals surface area contributed by atoms with E-state index in [4.69, 9.17) is 4.74 Å². The molecule has 0 saturated carbocycles. The third kappa shape index (κ3) is 5.95. The molecular weight excluding hydrogens is 348 g/mol. The maximum atomic E-state index is 12.3. The van der Waals surface area contributed by atoms with Gasteiger partial charge in [0.15, 0.2) is 11.9 Å². The molecule has 1 aromatic rings. The average molecular weight is 370 g/mol. The zero-order valence-electron chi connectivity index (χ0n) is 14.5. The first-order valence-corrected chi connectivity index (χ1v) is 9.18. The molecule has 0 radical (unpaired) electrons. The van der Waals surface area contributed by atoms with Gasteiger partial charge in [0.25, 0.3) is 5.91 Å². The topological polar surface area (TPSA) is 119 Å². The fourth-order valence-corrected chi connectivity index (χ4v) is 3.06. The molecule has 0 spiro atoms. The number of carbonyl (C=O) groups is 3. The van der Waals surface area contributed by atoms with Gasteiger partial charge in [0.1, 0.15) is 6.04 Å². The Morgan fingerprint density at radius 2 is 1.68 bits per heavy atom. The Balaban J connectivity index is 2.76. The number of amides is 1. The number of benzene rings is 1. The zero-order chi connectivity index (χ0) is 19.2. The molecule has 138 valence electrons. The summed E-state index contributed by atoms with van der Waals surface area (Å²) >= 11 is 0. The van der Waals surface area contributed by atoms with Crippen molar-refractivity contribution in [3.8, 4) is 0 Å². The Bertz CT molecular complexity index is 742.